The number of benzene rings is 1. The molecule has 108 valence electrons. The molecule has 2 saturated heterocycles. The molecule has 0 aliphatic carbocycles. The number of hydrogen-bond donors (Lipinski definition) is 1. The molecule has 2 fully saturated rings. The number of carbonyl (C=O) groups is 1. The van der Waals surface area contributed by atoms with Gasteiger partial charge in [-0.2, -0.15) is 0 Å². The average molecular weight is 274 g/mol. The molecule has 1 aromatic carbocycles. The molecule has 2 aliphatic rings. The Morgan fingerprint density at radius 3 is 2.65 bits per heavy atom. The number of fused-ring (bicyclic) bond motifs is 1. The van der Waals surface area contributed by atoms with Gasteiger partial charge in [0.1, 0.15) is 0 Å². The first kappa shape index (κ1) is 13.6. The molecule has 3 atom stereocenters. The summed E-state index contributed by atoms with van der Waals surface area (Å²) < 4.78 is 0. The third-order valence-electron chi connectivity index (χ3n) is 4.86. The number of piperazine rings is 1. The standard InChI is InChI=1S/C16H22N2O2/c1-12(20)17-7-8-18-9-14(13-5-3-2-4-6-13)15(11-19)16(18)10-17/h2-6,14-16,19H,7-11H2,1H3/t14-,15-,16+/m0/s1. The Kier molecular flexibility index (Phi) is 3.76. The molecular weight excluding hydrogens is 252 g/mol. The Hall–Kier alpha value is -1.39. The quantitative estimate of drug-likeness (QED) is 0.872. The molecule has 4 nitrogen and oxygen atoms in total. The smallest absolute Gasteiger partial charge is 0.219 e. The van der Waals surface area contributed by atoms with E-state index in [4.69, 9.17) is 0 Å². The molecule has 1 amide bonds. The van der Waals surface area contributed by atoms with Gasteiger partial charge in [-0.3, -0.25) is 9.69 Å². The van der Waals surface area contributed by atoms with Crippen molar-refractivity contribution in [3.05, 3.63) is 35.9 Å². The van der Waals surface area contributed by atoms with Gasteiger partial charge in [-0.25, -0.2) is 0 Å². The van der Waals surface area contributed by atoms with Crippen LogP contribution in [0.1, 0.15) is 18.4 Å². The SMILES string of the molecule is CC(=O)N1CCN2C[C@@H](c3ccccc3)[C@H](CO)[C@H]2C1. The van der Waals surface area contributed by atoms with Crippen molar-refractivity contribution in [1.29, 1.82) is 0 Å². The minimum atomic E-state index is 0.143. The molecule has 2 heterocycles. The van der Waals surface area contributed by atoms with Gasteiger partial charge in [0.25, 0.3) is 0 Å². The lowest BCUT2D eigenvalue weighted by atomic mass is 9.85. The maximum Gasteiger partial charge on any atom is 0.219 e. The summed E-state index contributed by atoms with van der Waals surface area (Å²) in [6.45, 7) is 5.30. The molecular formula is C16H22N2O2. The van der Waals surface area contributed by atoms with Gasteiger partial charge >= 0.3 is 0 Å². The Morgan fingerprint density at radius 1 is 1.25 bits per heavy atom. The van der Waals surface area contributed by atoms with E-state index in [1.165, 1.54) is 5.56 Å². The lowest BCUT2D eigenvalue weighted by molar-refractivity contribution is -0.131. The summed E-state index contributed by atoms with van der Waals surface area (Å²) in [7, 11) is 0. The van der Waals surface area contributed by atoms with Gasteiger partial charge in [-0.15, -0.1) is 0 Å². The minimum absolute atomic E-state index is 0.143. The highest BCUT2D eigenvalue weighted by Gasteiger charge is 2.44. The number of rotatable bonds is 2. The van der Waals surface area contributed by atoms with Crippen LogP contribution < -0.4 is 0 Å². The fourth-order valence-corrected chi connectivity index (χ4v) is 3.72. The van der Waals surface area contributed by atoms with Gasteiger partial charge in [-0.05, 0) is 5.56 Å². The van der Waals surface area contributed by atoms with E-state index in [1.54, 1.807) is 6.92 Å². The minimum Gasteiger partial charge on any atom is -0.396 e. The highest BCUT2D eigenvalue weighted by molar-refractivity contribution is 5.73. The van der Waals surface area contributed by atoms with Crippen LogP contribution in [0.3, 0.4) is 0 Å². The van der Waals surface area contributed by atoms with Crippen LogP contribution >= 0.6 is 0 Å². The van der Waals surface area contributed by atoms with E-state index in [1.807, 2.05) is 11.0 Å². The van der Waals surface area contributed by atoms with Crippen LogP contribution in [0, 0.1) is 5.92 Å². The Balaban J connectivity index is 1.82. The summed E-state index contributed by atoms with van der Waals surface area (Å²) in [6, 6.07) is 10.7. The molecule has 20 heavy (non-hydrogen) atoms. The van der Waals surface area contributed by atoms with Crippen LogP contribution in [0.2, 0.25) is 0 Å². The average Bonchev–Trinajstić information content (AvgIpc) is 2.85. The fraction of sp³-hybridized carbons (Fsp3) is 0.562. The maximum absolute atomic E-state index is 11.6. The van der Waals surface area contributed by atoms with Crippen molar-refractivity contribution in [2.45, 2.75) is 18.9 Å². The molecule has 0 spiro atoms. The second kappa shape index (κ2) is 5.54. The van der Waals surface area contributed by atoms with Crippen molar-refractivity contribution in [1.82, 2.24) is 9.80 Å². The second-order valence-electron chi connectivity index (χ2n) is 5.89. The number of carbonyl (C=O) groups excluding carboxylic acids is 1. The number of nitrogens with zero attached hydrogens (tertiary/aromatic N) is 2. The van der Waals surface area contributed by atoms with Crippen molar-refractivity contribution < 1.29 is 9.90 Å². The number of amides is 1. The topological polar surface area (TPSA) is 43.8 Å². The number of aliphatic hydroxyl groups excluding tert-OH is 1. The summed E-state index contributed by atoms with van der Waals surface area (Å²) in [4.78, 5) is 15.9. The van der Waals surface area contributed by atoms with Gasteiger partial charge in [0.05, 0.1) is 0 Å². The van der Waals surface area contributed by atoms with E-state index in [0.29, 0.717) is 12.0 Å². The van der Waals surface area contributed by atoms with Crippen LogP contribution in [0.4, 0.5) is 0 Å². The highest BCUT2D eigenvalue weighted by atomic mass is 16.3. The molecule has 4 heteroatoms. The van der Waals surface area contributed by atoms with E-state index < -0.39 is 0 Å². The molecule has 1 aromatic rings. The number of hydrogen-bond acceptors (Lipinski definition) is 3. The van der Waals surface area contributed by atoms with Crippen LogP contribution in [0.5, 0.6) is 0 Å². The lowest BCUT2D eigenvalue weighted by Gasteiger charge is -2.38. The fourth-order valence-electron chi connectivity index (χ4n) is 3.72. The van der Waals surface area contributed by atoms with E-state index in [0.717, 1.165) is 26.2 Å². The van der Waals surface area contributed by atoms with Gasteiger partial charge in [-0.1, -0.05) is 30.3 Å². The molecule has 1 N–H and O–H groups in total. The largest absolute Gasteiger partial charge is 0.396 e. The van der Waals surface area contributed by atoms with Crippen LogP contribution in [-0.2, 0) is 4.79 Å². The zero-order chi connectivity index (χ0) is 14.1. The lowest BCUT2D eigenvalue weighted by Crippen LogP contribution is -2.53. The summed E-state index contributed by atoms with van der Waals surface area (Å²) in [5.74, 6) is 0.738. The monoisotopic (exact) mass is 274 g/mol. The third kappa shape index (κ3) is 2.34. The molecule has 0 radical (unpaired) electrons. The van der Waals surface area contributed by atoms with Crippen molar-refractivity contribution in [2.75, 3.05) is 32.8 Å². The highest BCUT2D eigenvalue weighted by Crippen LogP contribution is 2.38. The predicted molar refractivity (Wildman–Crippen MR) is 77.4 cm³/mol. The van der Waals surface area contributed by atoms with E-state index >= 15 is 0 Å². The molecule has 0 saturated carbocycles. The van der Waals surface area contributed by atoms with Crippen molar-refractivity contribution >= 4 is 5.91 Å². The summed E-state index contributed by atoms with van der Waals surface area (Å²) in [5, 5.41) is 9.83. The summed E-state index contributed by atoms with van der Waals surface area (Å²) in [5.41, 5.74) is 1.30. The molecule has 3 rings (SSSR count). The van der Waals surface area contributed by atoms with E-state index in [9.17, 15) is 9.90 Å². The van der Waals surface area contributed by atoms with Crippen molar-refractivity contribution in [3.8, 4) is 0 Å². The van der Waals surface area contributed by atoms with Gasteiger partial charge in [0.2, 0.25) is 5.91 Å². The first-order valence-electron chi connectivity index (χ1n) is 7.36. The zero-order valence-corrected chi connectivity index (χ0v) is 11.9. The summed E-state index contributed by atoms with van der Waals surface area (Å²) in [6.07, 6.45) is 0. The van der Waals surface area contributed by atoms with Gasteiger partial charge in [0.15, 0.2) is 0 Å². The Bertz CT molecular complexity index is 477. The molecule has 0 unspecified atom stereocenters. The Labute approximate surface area is 120 Å². The third-order valence-corrected chi connectivity index (χ3v) is 4.86. The molecule has 0 aromatic heterocycles. The first-order valence-corrected chi connectivity index (χ1v) is 7.36. The van der Waals surface area contributed by atoms with Crippen LogP contribution in [0.25, 0.3) is 0 Å². The maximum atomic E-state index is 11.6. The van der Waals surface area contributed by atoms with Crippen molar-refractivity contribution in [2.24, 2.45) is 5.92 Å². The first-order chi connectivity index (χ1) is 9.70. The predicted octanol–water partition coefficient (Wildman–Crippen LogP) is 0.925. The second-order valence-corrected chi connectivity index (χ2v) is 5.89. The zero-order valence-electron chi connectivity index (χ0n) is 11.9. The Morgan fingerprint density at radius 2 is 2.00 bits per heavy atom. The van der Waals surface area contributed by atoms with E-state index in [2.05, 4.69) is 29.2 Å². The van der Waals surface area contributed by atoms with Crippen molar-refractivity contribution in [3.63, 3.8) is 0 Å². The normalized spacial score (nSPS) is 30.3. The summed E-state index contributed by atoms with van der Waals surface area (Å²) >= 11 is 0. The number of aliphatic hydroxyl groups is 1. The van der Waals surface area contributed by atoms with Gasteiger partial charge in [0, 0.05) is 57.6 Å². The molecule has 0 bridgehead atoms. The van der Waals surface area contributed by atoms with E-state index in [-0.39, 0.29) is 18.4 Å². The molecule has 2 aliphatic heterocycles. The van der Waals surface area contributed by atoms with Gasteiger partial charge < -0.3 is 10.0 Å². The van der Waals surface area contributed by atoms with Crippen LogP contribution in [0.15, 0.2) is 30.3 Å². The van der Waals surface area contributed by atoms with Crippen LogP contribution in [-0.4, -0.2) is 59.6 Å².